The third-order valence-corrected chi connectivity index (χ3v) is 3.92. The molecule has 0 saturated heterocycles. The highest BCUT2D eigenvalue weighted by molar-refractivity contribution is 6.07. The summed E-state index contributed by atoms with van der Waals surface area (Å²) in [6.07, 6.45) is 2.16. The molecule has 0 aliphatic heterocycles. The number of hydrogen-bond acceptors (Lipinski definition) is 5. The molecule has 0 aromatic heterocycles. The number of rotatable bonds is 10. The van der Waals surface area contributed by atoms with Gasteiger partial charge in [0, 0.05) is 26.3 Å². The second-order valence-electron chi connectivity index (χ2n) is 5.11. The van der Waals surface area contributed by atoms with E-state index < -0.39 is 5.41 Å². The Morgan fingerprint density at radius 3 is 2.10 bits per heavy atom. The molecule has 0 bridgehead atoms. The van der Waals surface area contributed by atoms with Crippen molar-refractivity contribution in [1.29, 1.82) is 0 Å². The molecule has 1 rings (SSSR count). The summed E-state index contributed by atoms with van der Waals surface area (Å²) < 4.78 is 10.7. The summed E-state index contributed by atoms with van der Waals surface area (Å²) in [4.78, 5) is 14.5. The predicted octanol–water partition coefficient (Wildman–Crippen LogP) is 0.805. The van der Waals surface area contributed by atoms with Gasteiger partial charge in [-0.1, -0.05) is 11.6 Å². The van der Waals surface area contributed by atoms with Crippen molar-refractivity contribution in [3.8, 4) is 0 Å². The normalized spacial score (nSPS) is 17.3. The third kappa shape index (κ3) is 4.31. The topological polar surface area (TPSA) is 97.4 Å². The first kappa shape index (κ1) is 17.7. The highest BCUT2D eigenvalue weighted by Crippen LogP contribution is 2.42. The zero-order valence-electron chi connectivity index (χ0n) is 13.0. The van der Waals surface area contributed by atoms with Crippen LogP contribution in [0.4, 0.5) is 0 Å². The van der Waals surface area contributed by atoms with Gasteiger partial charge >= 0.3 is 0 Å². The van der Waals surface area contributed by atoms with E-state index in [1.807, 2.05) is 13.8 Å². The van der Waals surface area contributed by atoms with Crippen molar-refractivity contribution in [2.75, 3.05) is 39.5 Å². The summed E-state index contributed by atoms with van der Waals surface area (Å²) in [6.45, 7) is 6.96. The van der Waals surface area contributed by atoms with Crippen molar-refractivity contribution in [3.63, 3.8) is 0 Å². The quantitative estimate of drug-likeness (QED) is 0.204. The molecular weight excluding hydrogens is 274 g/mol. The number of carbonyl (C=O) groups is 1. The van der Waals surface area contributed by atoms with Gasteiger partial charge in [0.1, 0.15) is 5.41 Å². The summed E-state index contributed by atoms with van der Waals surface area (Å²) in [5, 5.41) is 12.0. The minimum atomic E-state index is -0.840. The summed E-state index contributed by atoms with van der Waals surface area (Å²) in [7, 11) is 0. The molecule has 3 N–H and O–H groups in total. The van der Waals surface area contributed by atoms with E-state index in [2.05, 4.69) is 5.16 Å². The van der Waals surface area contributed by atoms with Gasteiger partial charge in [0.05, 0.1) is 13.2 Å². The average Bonchev–Trinajstić information content (AvgIpc) is 2.44. The number of carbonyl (C=O) groups excluding carboxylic acids is 1. The zero-order chi connectivity index (χ0) is 15.7. The van der Waals surface area contributed by atoms with Crippen molar-refractivity contribution in [2.24, 2.45) is 16.3 Å². The molecule has 1 aliphatic rings. The molecular formula is C14H27N3O4. The molecule has 7 nitrogen and oxygen atoms in total. The lowest BCUT2D eigenvalue weighted by Gasteiger charge is -2.42. The standard InChI is InChI=1S/C14H27N3O4/c1-3-20-10-8-17(9-11-21-4-2)13(18)14(6-5-7-14)12(15)16-19/h19H,3-11H2,1-2H3,(H2,15,16). The first-order valence-corrected chi connectivity index (χ1v) is 7.55. The van der Waals surface area contributed by atoms with E-state index in [1.54, 1.807) is 4.90 Å². The van der Waals surface area contributed by atoms with E-state index in [0.29, 0.717) is 52.4 Å². The van der Waals surface area contributed by atoms with Gasteiger partial charge in [0.25, 0.3) is 0 Å². The molecule has 0 unspecified atom stereocenters. The van der Waals surface area contributed by atoms with Gasteiger partial charge in [-0.3, -0.25) is 4.79 Å². The highest BCUT2D eigenvalue weighted by Gasteiger charge is 2.50. The van der Waals surface area contributed by atoms with E-state index in [9.17, 15) is 4.79 Å². The van der Waals surface area contributed by atoms with Crippen molar-refractivity contribution in [3.05, 3.63) is 0 Å². The monoisotopic (exact) mass is 301 g/mol. The number of nitrogens with two attached hydrogens (primary N) is 1. The molecule has 1 saturated carbocycles. The molecule has 21 heavy (non-hydrogen) atoms. The molecule has 0 heterocycles. The number of oxime groups is 1. The third-order valence-electron chi connectivity index (χ3n) is 3.92. The Kier molecular flexibility index (Phi) is 7.45. The van der Waals surface area contributed by atoms with Gasteiger partial charge < -0.3 is 25.3 Å². The Morgan fingerprint density at radius 2 is 1.76 bits per heavy atom. The van der Waals surface area contributed by atoms with Crippen LogP contribution in [0.15, 0.2) is 5.16 Å². The second-order valence-corrected chi connectivity index (χ2v) is 5.11. The van der Waals surface area contributed by atoms with E-state index in [-0.39, 0.29) is 11.7 Å². The van der Waals surface area contributed by atoms with Crippen LogP contribution in [0.2, 0.25) is 0 Å². The van der Waals surface area contributed by atoms with Crippen LogP contribution in [0.1, 0.15) is 33.1 Å². The van der Waals surface area contributed by atoms with Crippen LogP contribution >= 0.6 is 0 Å². The Hall–Kier alpha value is -1.34. The Morgan fingerprint density at radius 1 is 1.24 bits per heavy atom. The van der Waals surface area contributed by atoms with Crippen molar-refractivity contribution in [1.82, 2.24) is 4.90 Å². The first-order chi connectivity index (χ1) is 10.1. The van der Waals surface area contributed by atoms with Gasteiger partial charge in [-0.05, 0) is 26.7 Å². The van der Waals surface area contributed by atoms with Crippen LogP contribution < -0.4 is 5.73 Å². The largest absolute Gasteiger partial charge is 0.409 e. The lowest BCUT2D eigenvalue weighted by atomic mass is 9.67. The molecule has 0 radical (unpaired) electrons. The molecule has 7 heteroatoms. The Labute approximate surface area is 126 Å². The number of amides is 1. The SMILES string of the molecule is CCOCCN(CCOCC)C(=O)C1(C(N)=NO)CCC1. The fraction of sp³-hybridized carbons (Fsp3) is 0.857. The van der Waals surface area contributed by atoms with Crippen LogP contribution in [-0.2, 0) is 14.3 Å². The van der Waals surface area contributed by atoms with E-state index in [1.165, 1.54) is 0 Å². The lowest BCUT2D eigenvalue weighted by Crippen LogP contribution is -2.56. The highest BCUT2D eigenvalue weighted by atomic mass is 16.5. The van der Waals surface area contributed by atoms with Crippen molar-refractivity contribution >= 4 is 11.7 Å². The molecule has 122 valence electrons. The number of hydrogen-bond donors (Lipinski definition) is 2. The van der Waals surface area contributed by atoms with Gasteiger partial charge in [-0.15, -0.1) is 0 Å². The van der Waals surface area contributed by atoms with Gasteiger partial charge in [-0.25, -0.2) is 0 Å². The van der Waals surface area contributed by atoms with E-state index in [4.69, 9.17) is 20.4 Å². The molecule has 0 spiro atoms. The number of amidine groups is 1. The maximum atomic E-state index is 12.8. The number of ether oxygens (including phenoxy) is 2. The molecule has 1 amide bonds. The maximum absolute atomic E-state index is 12.8. The summed E-state index contributed by atoms with van der Waals surface area (Å²) in [5.74, 6) is -0.0833. The van der Waals surface area contributed by atoms with Gasteiger partial charge in [0.2, 0.25) is 5.91 Å². The lowest BCUT2D eigenvalue weighted by molar-refractivity contribution is -0.143. The average molecular weight is 301 g/mol. The van der Waals surface area contributed by atoms with Gasteiger partial charge in [-0.2, -0.15) is 0 Å². The fourth-order valence-electron chi connectivity index (χ4n) is 2.46. The molecule has 0 atom stereocenters. The first-order valence-electron chi connectivity index (χ1n) is 7.55. The maximum Gasteiger partial charge on any atom is 0.236 e. The fourth-order valence-corrected chi connectivity index (χ4v) is 2.46. The molecule has 1 aliphatic carbocycles. The van der Waals surface area contributed by atoms with E-state index in [0.717, 1.165) is 6.42 Å². The van der Waals surface area contributed by atoms with Crippen LogP contribution in [0.5, 0.6) is 0 Å². The Bertz CT molecular complexity index is 346. The summed E-state index contributed by atoms with van der Waals surface area (Å²) in [5.41, 5.74) is 4.91. The molecule has 0 aromatic rings. The van der Waals surface area contributed by atoms with Crippen LogP contribution in [0, 0.1) is 5.41 Å². The predicted molar refractivity (Wildman–Crippen MR) is 79.3 cm³/mol. The van der Waals surface area contributed by atoms with Crippen molar-refractivity contribution in [2.45, 2.75) is 33.1 Å². The minimum Gasteiger partial charge on any atom is -0.409 e. The van der Waals surface area contributed by atoms with Crippen LogP contribution in [-0.4, -0.2) is 61.4 Å². The number of nitrogens with zero attached hydrogens (tertiary/aromatic N) is 2. The van der Waals surface area contributed by atoms with Crippen molar-refractivity contribution < 1.29 is 19.5 Å². The van der Waals surface area contributed by atoms with E-state index >= 15 is 0 Å². The summed E-state index contributed by atoms with van der Waals surface area (Å²) >= 11 is 0. The minimum absolute atomic E-state index is 0.0107. The molecule has 0 aromatic carbocycles. The Balaban J connectivity index is 2.72. The van der Waals surface area contributed by atoms with Crippen LogP contribution in [0.3, 0.4) is 0 Å². The smallest absolute Gasteiger partial charge is 0.236 e. The zero-order valence-corrected chi connectivity index (χ0v) is 13.0. The summed E-state index contributed by atoms with van der Waals surface area (Å²) in [6, 6.07) is 0. The van der Waals surface area contributed by atoms with Crippen LogP contribution in [0.25, 0.3) is 0 Å². The van der Waals surface area contributed by atoms with Gasteiger partial charge in [0.15, 0.2) is 5.84 Å². The second kappa shape index (κ2) is 8.84. The molecule has 1 fully saturated rings.